The fraction of sp³-hybridized carbons (Fsp3) is 0.455. The molecule has 0 aromatic rings. The van der Waals surface area contributed by atoms with E-state index < -0.39 is 0 Å². The van der Waals surface area contributed by atoms with Crippen LogP contribution in [0.1, 0.15) is 60.3 Å². The summed E-state index contributed by atoms with van der Waals surface area (Å²) >= 11 is 0. The number of hydrogen-bond acceptors (Lipinski definition) is 0. The summed E-state index contributed by atoms with van der Waals surface area (Å²) in [5.74, 6) is 0.703. The second kappa shape index (κ2) is 17.5. The lowest BCUT2D eigenvalue weighted by Crippen LogP contribution is -2.00. The van der Waals surface area contributed by atoms with E-state index in [2.05, 4.69) is 64.3 Å². The van der Waals surface area contributed by atoms with Gasteiger partial charge in [0.2, 0.25) is 0 Å². The molecule has 0 aliphatic carbocycles. The molecule has 1 unspecified atom stereocenters. The predicted octanol–water partition coefficient (Wildman–Crippen LogP) is 7.59. The molecule has 0 spiro atoms. The van der Waals surface area contributed by atoms with Gasteiger partial charge in [-0.25, -0.2) is 0 Å². The quantitative estimate of drug-likeness (QED) is 0.365. The molecule has 0 nitrogen and oxygen atoms in total. The number of rotatable bonds is 10. The van der Waals surface area contributed by atoms with Crippen molar-refractivity contribution in [1.82, 2.24) is 0 Å². The molecule has 0 rings (SSSR count). The molecule has 0 saturated carbocycles. The van der Waals surface area contributed by atoms with E-state index in [1.807, 2.05) is 26.0 Å². The molecule has 0 heteroatoms. The van der Waals surface area contributed by atoms with Crippen LogP contribution in [0.5, 0.6) is 0 Å². The summed E-state index contributed by atoms with van der Waals surface area (Å²) in [6.07, 6.45) is 21.3. The van der Waals surface area contributed by atoms with E-state index in [1.54, 1.807) is 6.08 Å². The van der Waals surface area contributed by atoms with Gasteiger partial charge in [0.15, 0.2) is 0 Å². The van der Waals surface area contributed by atoms with Crippen LogP contribution in [0.25, 0.3) is 0 Å². The molecular formula is C22H36. The van der Waals surface area contributed by atoms with Crippen molar-refractivity contribution in [3.05, 3.63) is 72.9 Å². The zero-order valence-corrected chi connectivity index (χ0v) is 15.4. The van der Waals surface area contributed by atoms with E-state index >= 15 is 0 Å². The highest BCUT2D eigenvalue weighted by Gasteiger charge is 2.07. The summed E-state index contributed by atoms with van der Waals surface area (Å²) in [6.45, 7) is 18.1. The highest BCUT2D eigenvalue weighted by atomic mass is 14.1. The Morgan fingerprint density at radius 3 is 2.14 bits per heavy atom. The molecule has 0 aromatic carbocycles. The van der Waals surface area contributed by atoms with E-state index in [-0.39, 0.29) is 0 Å². The SMILES string of the molecule is C=C/C=C(C=C)/C=C/C/C=C\C(=C/C)C(CC)CCC.CC. The van der Waals surface area contributed by atoms with Crippen molar-refractivity contribution >= 4 is 0 Å². The Bertz CT molecular complexity index is 388. The van der Waals surface area contributed by atoms with Crippen molar-refractivity contribution in [3.63, 3.8) is 0 Å². The Morgan fingerprint density at radius 1 is 1.05 bits per heavy atom. The maximum absolute atomic E-state index is 3.78. The van der Waals surface area contributed by atoms with E-state index in [0.717, 1.165) is 12.0 Å². The zero-order chi connectivity index (χ0) is 17.2. The number of allylic oxidation sites excluding steroid dienone is 10. The first-order valence-corrected chi connectivity index (χ1v) is 8.67. The Balaban J connectivity index is 0. The van der Waals surface area contributed by atoms with E-state index in [4.69, 9.17) is 0 Å². The van der Waals surface area contributed by atoms with Crippen molar-refractivity contribution in [2.75, 3.05) is 0 Å². The molecule has 1 atom stereocenters. The first-order chi connectivity index (χ1) is 10.7. The maximum Gasteiger partial charge on any atom is -0.0163 e. The first-order valence-electron chi connectivity index (χ1n) is 8.67. The minimum absolute atomic E-state index is 0.703. The Morgan fingerprint density at radius 2 is 1.68 bits per heavy atom. The minimum Gasteiger partial charge on any atom is -0.0990 e. The first kappa shape index (κ1) is 22.7. The summed E-state index contributed by atoms with van der Waals surface area (Å²) in [4.78, 5) is 0. The topological polar surface area (TPSA) is 0 Å². The van der Waals surface area contributed by atoms with Gasteiger partial charge >= 0.3 is 0 Å². The molecular weight excluding hydrogens is 264 g/mol. The van der Waals surface area contributed by atoms with Crippen LogP contribution in [-0.4, -0.2) is 0 Å². The lowest BCUT2D eigenvalue weighted by molar-refractivity contribution is 0.543. The molecule has 0 saturated heterocycles. The van der Waals surface area contributed by atoms with Gasteiger partial charge in [-0.05, 0) is 43.3 Å². The van der Waals surface area contributed by atoms with E-state index in [9.17, 15) is 0 Å². The highest BCUT2D eigenvalue weighted by molar-refractivity contribution is 5.32. The lowest BCUT2D eigenvalue weighted by Gasteiger charge is -2.14. The average molecular weight is 301 g/mol. The van der Waals surface area contributed by atoms with Crippen LogP contribution in [0, 0.1) is 5.92 Å². The van der Waals surface area contributed by atoms with Crippen LogP contribution in [0.3, 0.4) is 0 Å². The van der Waals surface area contributed by atoms with Crippen molar-refractivity contribution in [1.29, 1.82) is 0 Å². The second-order valence-corrected chi connectivity index (χ2v) is 4.83. The molecule has 0 heterocycles. The third kappa shape index (κ3) is 11.1. The van der Waals surface area contributed by atoms with Gasteiger partial charge < -0.3 is 0 Å². The van der Waals surface area contributed by atoms with E-state index in [1.165, 1.54) is 24.8 Å². The van der Waals surface area contributed by atoms with Crippen molar-refractivity contribution < 1.29 is 0 Å². The predicted molar refractivity (Wildman–Crippen MR) is 105 cm³/mol. The van der Waals surface area contributed by atoms with Crippen LogP contribution >= 0.6 is 0 Å². The summed E-state index contributed by atoms with van der Waals surface area (Å²) in [5.41, 5.74) is 2.56. The Labute approximate surface area is 139 Å². The van der Waals surface area contributed by atoms with Crippen LogP contribution in [0.2, 0.25) is 0 Å². The third-order valence-electron chi connectivity index (χ3n) is 3.37. The molecule has 0 radical (unpaired) electrons. The van der Waals surface area contributed by atoms with Gasteiger partial charge in [0.05, 0.1) is 0 Å². The summed E-state index contributed by atoms with van der Waals surface area (Å²) in [6, 6.07) is 0. The van der Waals surface area contributed by atoms with Gasteiger partial charge in [-0.2, -0.15) is 0 Å². The molecule has 0 aliphatic heterocycles. The monoisotopic (exact) mass is 300 g/mol. The minimum atomic E-state index is 0.703. The molecule has 124 valence electrons. The molecule has 0 bridgehead atoms. The standard InChI is InChI=1S/C20H30.C2H6/c1-6-14-18(8-3)16-12-11-13-17-20(10-5)19(9-4)15-7-2;1-2/h6,8,10,12-14,16-17,19H,1,3,7,9,11,15H2,2,4-5H3;1-2H3/b16-12+,17-13-,18-14+,20-10+;. The van der Waals surface area contributed by atoms with Gasteiger partial charge in [-0.15, -0.1) is 0 Å². The van der Waals surface area contributed by atoms with Crippen LogP contribution < -0.4 is 0 Å². The van der Waals surface area contributed by atoms with Gasteiger partial charge in [0.1, 0.15) is 0 Å². The van der Waals surface area contributed by atoms with Crippen molar-refractivity contribution in [2.45, 2.75) is 60.3 Å². The third-order valence-corrected chi connectivity index (χ3v) is 3.37. The number of hydrogen-bond donors (Lipinski definition) is 0. The molecule has 0 N–H and O–H groups in total. The summed E-state index contributed by atoms with van der Waals surface area (Å²) < 4.78 is 0. The van der Waals surface area contributed by atoms with Gasteiger partial charge in [0.25, 0.3) is 0 Å². The van der Waals surface area contributed by atoms with Crippen molar-refractivity contribution in [3.8, 4) is 0 Å². The van der Waals surface area contributed by atoms with E-state index in [0.29, 0.717) is 5.92 Å². The second-order valence-electron chi connectivity index (χ2n) is 4.83. The van der Waals surface area contributed by atoms with Gasteiger partial charge in [-0.3, -0.25) is 0 Å². The Kier molecular flexibility index (Phi) is 18.1. The fourth-order valence-electron chi connectivity index (χ4n) is 2.24. The van der Waals surface area contributed by atoms with Crippen LogP contribution in [-0.2, 0) is 0 Å². The zero-order valence-electron chi connectivity index (χ0n) is 15.4. The summed E-state index contributed by atoms with van der Waals surface area (Å²) in [5, 5.41) is 0. The summed E-state index contributed by atoms with van der Waals surface area (Å²) in [7, 11) is 0. The molecule has 0 aromatic heterocycles. The molecule has 0 amide bonds. The molecule has 22 heavy (non-hydrogen) atoms. The average Bonchev–Trinajstić information content (AvgIpc) is 2.57. The smallest absolute Gasteiger partial charge is 0.0163 e. The lowest BCUT2D eigenvalue weighted by atomic mass is 9.91. The highest BCUT2D eigenvalue weighted by Crippen LogP contribution is 2.22. The largest absolute Gasteiger partial charge is 0.0990 e. The fourth-order valence-corrected chi connectivity index (χ4v) is 2.24. The molecule has 0 fully saturated rings. The molecule has 0 aliphatic rings. The van der Waals surface area contributed by atoms with Crippen LogP contribution in [0.4, 0.5) is 0 Å². The van der Waals surface area contributed by atoms with Crippen LogP contribution in [0.15, 0.2) is 72.9 Å². The van der Waals surface area contributed by atoms with Crippen molar-refractivity contribution in [2.24, 2.45) is 5.92 Å². The Hall–Kier alpha value is -1.56. The van der Waals surface area contributed by atoms with Gasteiger partial charge in [0, 0.05) is 0 Å². The maximum atomic E-state index is 3.78. The normalized spacial score (nSPS) is 13.9. The van der Waals surface area contributed by atoms with Gasteiger partial charge in [-0.1, -0.05) is 95.9 Å².